The average Bonchev–Trinajstić information content (AvgIpc) is 1.56. The smallest absolute Gasteiger partial charge is 0.227 e. The lowest BCUT2D eigenvalue weighted by atomic mass is 9.93. The van der Waals surface area contributed by atoms with Gasteiger partial charge in [0.25, 0.3) is 0 Å². The standard InChI is InChI=1S/2C23H18NO.2C22H17N2O/c2*1-15-16-9-3-4-10-17(16)22-18-11-5-6-13-20(18)25-23(22)21(15)19-12-7-8-14-24(19)2;1-14-15-8-3-4-9-16(15)20-17-10-7-12-23-22(17)25-21(20)19(14)18-11-5-6-13-24(18)2;1-14-15-7-3-4-8-16(15)21-17-10-11-23-13-19(17)25-22(21)20(14)18-9-5-6-12-24(18)2/h2*3-14H,1-2H3;2*3-13H,1-2H3/q4*+1. The van der Waals surface area contributed by atoms with Crippen molar-refractivity contribution in [3.63, 3.8) is 0 Å². The minimum Gasteiger partial charge on any atom is -0.455 e. The summed E-state index contributed by atoms with van der Waals surface area (Å²) in [6.45, 7) is 8.73. The Morgan fingerprint density at radius 2 is 0.530 bits per heavy atom. The second-order valence-corrected chi connectivity index (χ2v) is 25.9. The maximum Gasteiger partial charge on any atom is 0.227 e. The largest absolute Gasteiger partial charge is 0.455 e. The fraction of sp³-hybridized carbons (Fsp3) is 0.0889. The third-order valence-electron chi connectivity index (χ3n) is 20.2. The van der Waals surface area contributed by atoms with E-state index in [0.717, 1.165) is 94.5 Å². The number of nitrogens with zero attached hydrogens (tertiary/aromatic N) is 6. The van der Waals surface area contributed by atoms with E-state index in [9.17, 15) is 0 Å². The summed E-state index contributed by atoms with van der Waals surface area (Å²) in [5.74, 6) is 0. The van der Waals surface area contributed by atoms with Gasteiger partial charge in [0.05, 0.1) is 28.5 Å². The van der Waals surface area contributed by atoms with Crippen LogP contribution in [-0.4, -0.2) is 9.97 Å². The number of hydrogen-bond donors (Lipinski definition) is 0. The summed E-state index contributed by atoms with van der Waals surface area (Å²) < 4.78 is 33.9. The molecular weight excluding hydrogens is 1230 g/mol. The van der Waals surface area contributed by atoms with Gasteiger partial charge in [0.2, 0.25) is 28.5 Å². The van der Waals surface area contributed by atoms with Crippen LogP contribution in [0.1, 0.15) is 22.3 Å². The van der Waals surface area contributed by atoms with E-state index in [-0.39, 0.29) is 0 Å². The Morgan fingerprint density at radius 1 is 0.250 bits per heavy atom. The van der Waals surface area contributed by atoms with Crippen LogP contribution >= 0.6 is 0 Å². The van der Waals surface area contributed by atoms with Gasteiger partial charge in [-0.3, -0.25) is 4.98 Å². The number of pyridine rings is 6. The predicted octanol–water partition coefficient (Wildman–Crippen LogP) is 20.9. The minimum absolute atomic E-state index is 0.688. The number of hydrogen-bond acceptors (Lipinski definition) is 6. The van der Waals surface area contributed by atoms with Crippen molar-refractivity contribution in [1.29, 1.82) is 0 Å². The third-order valence-corrected chi connectivity index (χ3v) is 20.2. The van der Waals surface area contributed by atoms with E-state index in [1.54, 1.807) is 12.4 Å². The van der Waals surface area contributed by atoms with Gasteiger partial charge >= 0.3 is 0 Å². The molecule has 0 aliphatic rings. The first-order chi connectivity index (χ1) is 49.0. The highest BCUT2D eigenvalue weighted by Gasteiger charge is 2.28. The number of rotatable bonds is 4. The maximum absolute atomic E-state index is 6.37. The first-order valence-electron chi connectivity index (χ1n) is 33.8. The van der Waals surface area contributed by atoms with Gasteiger partial charge in [-0.05, 0) is 148 Å². The molecule has 0 N–H and O–H groups in total. The van der Waals surface area contributed by atoms with Crippen molar-refractivity contribution in [3.05, 3.63) is 302 Å². The molecule has 20 rings (SSSR count). The van der Waals surface area contributed by atoms with E-state index < -0.39 is 0 Å². The number of benzene rings is 10. The number of aromatic nitrogens is 6. The van der Waals surface area contributed by atoms with E-state index in [0.29, 0.717) is 5.71 Å². The van der Waals surface area contributed by atoms with E-state index in [4.69, 9.17) is 17.7 Å². The lowest BCUT2D eigenvalue weighted by Crippen LogP contribution is -2.30. The Balaban J connectivity index is 0.0000000997. The van der Waals surface area contributed by atoms with E-state index in [2.05, 4.69) is 297 Å². The molecule has 10 heterocycles. The molecule has 0 bridgehead atoms. The van der Waals surface area contributed by atoms with Crippen LogP contribution in [0.25, 0.3) is 176 Å². The van der Waals surface area contributed by atoms with Crippen LogP contribution in [0.4, 0.5) is 0 Å². The molecule has 10 aromatic carbocycles. The zero-order valence-corrected chi connectivity index (χ0v) is 56.9. The second kappa shape index (κ2) is 24.8. The summed E-state index contributed by atoms with van der Waals surface area (Å²) in [6.07, 6.45) is 13.7. The molecule has 0 atom stereocenters. The predicted molar refractivity (Wildman–Crippen MR) is 406 cm³/mol. The first kappa shape index (κ1) is 61.0. The Kier molecular flexibility index (Phi) is 15.1. The number of furan rings is 4. The fourth-order valence-electron chi connectivity index (χ4n) is 15.4. The van der Waals surface area contributed by atoms with Crippen LogP contribution < -0.4 is 18.3 Å². The van der Waals surface area contributed by atoms with E-state index in [1.165, 1.54) is 98.0 Å². The summed E-state index contributed by atoms with van der Waals surface area (Å²) in [5.41, 5.74) is 21.4. The SMILES string of the molecule is Cc1c(-c2cccc[n+]2C)c2oc3ccccc3c2c2ccccc12.Cc1c(-c2cccc[n+]2C)c2oc3ccccc3c2c2ccccc12.Cc1c(-c2cccc[n+]2C)c2oc3cnccc3c2c2ccccc12.Cc1c(-c2cccc[n+]2C)c2oc3ncccc3c2c2ccccc12. The Morgan fingerprint density at radius 3 is 0.890 bits per heavy atom. The normalized spacial score (nSPS) is 11.6. The highest BCUT2D eigenvalue weighted by atomic mass is 16.3. The maximum atomic E-state index is 6.37. The van der Waals surface area contributed by atoms with Gasteiger partial charge in [0.15, 0.2) is 36.0 Å². The van der Waals surface area contributed by atoms with Gasteiger partial charge in [-0.2, -0.15) is 0 Å². The van der Waals surface area contributed by atoms with Gasteiger partial charge in [-0.1, -0.05) is 133 Å². The minimum atomic E-state index is 0.688. The van der Waals surface area contributed by atoms with Crippen LogP contribution in [-0.2, 0) is 28.2 Å². The fourth-order valence-corrected chi connectivity index (χ4v) is 15.4. The summed E-state index contributed by atoms with van der Waals surface area (Å²) >= 11 is 0. The van der Waals surface area contributed by atoms with Gasteiger partial charge in [0, 0.05) is 104 Å². The molecule has 0 amide bonds. The molecule has 0 unspecified atom stereocenters. The highest BCUT2D eigenvalue weighted by molar-refractivity contribution is 6.27. The molecule has 20 aromatic rings. The van der Waals surface area contributed by atoms with Crippen molar-refractivity contribution in [2.75, 3.05) is 0 Å². The topological polar surface area (TPSA) is 93.9 Å². The molecule has 0 aliphatic carbocycles. The van der Waals surface area contributed by atoms with Crippen LogP contribution in [0.15, 0.2) is 298 Å². The highest BCUT2D eigenvalue weighted by Crippen LogP contribution is 2.47. The summed E-state index contributed by atoms with van der Waals surface area (Å²) in [6, 6.07) is 82.1. The van der Waals surface area contributed by atoms with Gasteiger partial charge in [0.1, 0.15) is 56.1 Å². The molecule has 0 fully saturated rings. The van der Waals surface area contributed by atoms with Crippen LogP contribution in [0.2, 0.25) is 0 Å². The Labute approximate surface area is 576 Å². The molecule has 0 saturated carbocycles. The number of aryl methyl sites for hydroxylation is 8. The molecule has 0 spiro atoms. The van der Waals surface area contributed by atoms with Crippen molar-refractivity contribution in [1.82, 2.24) is 9.97 Å². The number of fused-ring (bicyclic) bond motifs is 20. The molecule has 10 aromatic heterocycles. The van der Waals surface area contributed by atoms with Crippen LogP contribution in [0.5, 0.6) is 0 Å². The van der Waals surface area contributed by atoms with Crippen LogP contribution in [0.3, 0.4) is 0 Å². The second-order valence-electron chi connectivity index (χ2n) is 25.9. The van der Waals surface area contributed by atoms with Crippen molar-refractivity contribution in [2.24, 2.45) is 28.2 Å². The summed E-state index contributed by atoms with van der Waals surface area (Å²) in [7, 11) is 8.30. The summed E-state index contributed by atoms with van der Waals surface area (Å²) in [4.78, 5) is 8.67. The van der Waals surface area contributed by atoms with Crippen molar-refractivity contribution in [2.45, 2.75) is 27.7 Å². The molecule has 10 nitrogen and oxygen atoms in total. The third kappa shape index (κ3) is 9.92. The quantitative estimate of drug-likeness (QED) is 0.163. The Hall–Kier alpha value is -12.7. The van der Waals surface area contributed by atoms with Crippen molar-refractivity contribution in [3.8, 4) is 45.0 Å². The van der Waals surface area contributed by atoms with Gasteiger partial charge in [-0.25, -0.2) is 23.3 Å². The van der Waals surface area contributed by atoms with Crippen molar-refractivity contribution >= 4 is 131 Å². The molecule has 10 heteroatoms. The number of para-hydroxylation sites is 2. The lowest BCUT2D eigenvalue weighted by molar-refractivity contribution is -0.660. The van der Waals surface area contributed by atoms with Gasteiger partial charge in [-0.15, -0.1) is 0 Å². The zero-order valence-electron chi connectivity index (χ0n) is 56.9. The van der Waals surface area contributed by atoms with Crippen molar-refractivity contribution < 1.29 is 35.9 Å². The Bertz CT molecular complexity index is 5870. The van der Waals surface area contributed by atoms with E-state index >= 15 is 0 Å². The monoisotopic (exact) mass is 1300 g/mol. The van der Waals surface area contributed by atoms with Crippen LogP contribution in [0, 0.1) is 27.7 Å². The van der Waals surface area contributed by atoms with Gasteiger partial charge < -0.3 is 17.7 Å². The molecule has 0 saturated heterocycles. The summed E-state index contributed by atoms with van der Waals surface area (Å²) in [5, 5.41) is 19.2. The first-order valence-corrected chi connectivity index (χ1v) is 33.8. The molecular formula is C90H70N6O4+4. The molecule has 480 valence electrons. The average molecular weight is 1300 g/mol. The molecule has 100 heavy (non-hydrogen) atoms. The van der Waals surface area contributed by atoms with E-state index in [1.807, 2.05) is 54.7 Å². The lowest BCUT2D eigenvalue weighted by Gasteiger charge is -2.10. The molecule has 0 aliphatic heterocycles. The zero-order chi connectivity index (χ0) is 67.9. The molecule has 0 radical (unpaired) electrons.